The first-order chi connectivity index (χ1) is 13.5. The number of aromatic nitrogens is 2. The Labute approximate surface area is 165 Å². The first-order valence-corrected chi connectivity index (χ1v) is 9.99. The molecule has 1 saturated heterocycles. The van der Waals surface area contributed by atoms with E-state index in [4.69, 9.17) is 4.74 Å². The van der Waals surface area contributed by atoms with Gasteiger partial charge in [0.2, 0.25) is 0 Å². The molecule has 8 heteroatoms. The molecule has 0 spiro atoms. The van der Waals surface area contributed by atoms with Gasteiger partial charge in [-0.3, -0.25) is 9.48 Å². The van der Waals surface area contributed by atoms with E-state index in [0.29, 0.717) is 11.4 Å². The number of ether oxygens (including phenoxy) is 1. The van der Waals surface area contributed by atoms with Crippen LogP contribution in [0.25, 0.3) is 10.2 Å². The summed E-state index contributed by atoms with van der Waals surface area (Å²) in [5.41, 5.74) is 1.72. The van der Waals surface area contributed by atoms with Crippen LogP contribution >= 0.6 is 11.3 Å². The summed E-state index contributed by atoms with van der Waals surface area (Å²) >= 11 is 1.29. The number of esters is 1. The lowest BCUT2D eigenvalue weighted by molar-refractivity contribution is -0.133. The Morgan fingerprint density at radius 2 is 1.93 bits per heavy atom. The van der Waals surface area contributed by atoms with Crippen LogP contribution in [-0.4, -0.2) is 46.3 Å². The van der Waals surface area contributed by atoms with Gasteiger partial charge in [0.1, 0.15) is 15.5 Å². The van der Waals surface area contributed by atoms with Crippen LogP contribution in [-0.2, 0) is 16.1 Å². The second-order valence-corrected chi connectivity index (χ2v) is 7.89. The highest BCUT2D eigenvalue weighted by molar-refractivity contribution is 7.20. The van der Waals surface area contributed by atoms with Gasteiger partial charge in [-0.1, -0.05) is 12.1 Å². The molecule has 0 bridgehead atoms. The Morgan fingerprint density at radius 1 is 1.21 bits per heavy atom. The van der Waals surface area contributed by atoms with Gasteiger partial charge in [-0.15, -0.1) is 11.3 Å². The van der Waals surface area contributed by atoms with Crippen molar-refractivity contribution in [2.75, 3.05) is 19.7 Å². The summed E-state index contributed by atoms with van der Waals surface area (Å²) in [5, 5.41) is 5.39. The SMILES string of the molecule is Cc1nn(Cc2ccc(F)cc2)c2sc(C(=O)OCC(=O)N3CCCC3)cc12. The lowest BCUT2D eigenvalue weighted by Gasteiger charge is -2.14. The molecule has 1 amide bonds. The van der Waals surface area contributed by atoms with Crippen molar-refractivity contribution in [3.8, 4) is 0 Å². The second-order valence-electron chi connectivity index (χ2n) is 6.86. The van der Waals surface area contributed by atoms with E-state index in [0.717, 1.165) is 47.4 Å². The van der Waals surface area contributed by atoms with Gasteiger partial charge in [0, 0.05) is 18.5 Å². The number of hydrogen-bond donors (Lipinski definition) is 0. The zero-order chi connectivity index (χ0) is 19.7. The van der Waals surface area contributed by atoms with Crippen molar-refractivity contribution in [2.24, 2.45) is 0 Å². The molecular weight excluding hydrogens is 381 g/mol. The molecule has 0 unspecified atom stereocenters. The van der Waals surface area contributed by atoms with Gasteiger partial charge in [0.05, 0.1) is 12.2 Å². The normalized spacial score (nSPS) is 14.0. The summed E-state index contributed by atoms with van der Waals surface area (Å²) in [4.78, 5) is 27.5. The van der Waals surface area contributed by atoms with E-state index in [9.17, 15) is 14.0 Å². The maximum absolute atomic E-state index is 13.1. The number of rotatable bonds is 5. The molecule has 0 N–H and O–H groups in total. The lowest BCUT2D eigenvalue weighted by atomic mass is 10.2. The molecule has 0 radical (unpaired) electrons. The number of amides is 1. The fourth-order valence-electron chi connectivity index (χ4n) is 3.34. The number of likely N-dealkylation sites (tertiary alicyclic amines) is 1. The zero-order valence-corrected chi connectivity index (χ0v) is 16.3. The fraction of sp³-hybridized carbons (Fsp3) is 0.350. The lowest BCUT2D eigenvalue weighted by Crippen LogP contribution is -2.31. The summed E-state index contributed by atoms with van der Waals surface area (Å²) in [7, 11) is 0. The number of aryl methyl sites for hydroxylation is 1. The topological polar surface area (TPSA) is 64.4 Å². The van der Waals surface area contributed by atoms with Gasteiger partial charge in [-0.05, 0) is 43.5 Å². The molecular formula is C20H20FN3O3S. The maximum atomic E-state index is 13.1. The van der Waals surface area contributed by atoms with Gasteiger partial charge in [0.15, 0.2) is 6.61 Å². The molecule has 0 aliphatic carbocycles. The Kier molecular flexibility index (Phi) is 5.13. The van der Waals surface area contributed by atoms with Crippen LogP contribution < -0.4 is 0 Å². The van der Waals surface area contributed by atoms with E-state index in [1.807, 2.05) is 6.92 Å². The predicted molar refractivity (Wildman–Crippen MR) is 104 cm³/mol. The Balaban J connectivity index is 1.48. The van der Waals surface area contributed by atoms with E-state index in [2.05, 4.69) is 5.10 Å². The number of benzene rings is 1. The summed E-state index contributed by atoms with van der Waals surface area (Å²) < 4.78 is 20.1. The minimum atomic E-state index is -0.499. The Hall–Kier alpha value is -2.74. The molecule has 3 aromatic rings. The molecule has 1 aromatic carbocycles. The molecule has 1 aliphatic rings. The van der Waals surface area contributed by atoms with Crippen LogP contribution in [0.5, 0.6) is 0 Å². The minimum absolute atomic E-state index is 0.148. The van der Waals surface area contributed by atoms with E-state index in [-0.39, 0.29) is 18.3 Å². The quantitative estimate of drug-likeness (QED) is 0.615. The molecule has 1 fully saturated rings. The standard InChI is InChI=1S/C20H20FN3O3S/c1-13-16-10-17(20(26)27-12-18(25)23-8-2-3-9-23)28-19(16)24(22-13)11-14-4-6-15(21)7-5-14/h4-7,10H,2-3,8-9,11-12H2,1H3. The molecule has 3 heterocycles. The van der Waals surface area contributed by atoms with Crippen molar-refractivity contribution < 1.29 is 18.7 Å². The first-order valence-electron chi connectivity index (χ1n) is 9.17. The molecule has 28 heavy (non-hydrogen) atoms. The van der Waals surface area contributed by atoms with Crippen molar-refractivity contribution in [2.45, 2.75) is 26.3 Å². The summed E-state index contributed by atoms with van der Waals surface area (Å²) in [6.45, 7) is 3.60. The third kappa shape index (κ3) is 3.77. The van der Waals surface area contributed by atoms with Gasteiger partial charge in [0.25, 0.3) is 5.91 Å². The van der Waals surface area contributed by atoms with Crippen molar-refractivity contribution in [3.05, 3.63) is 52.3 Å². The predicted octanol–water partition coefficient (Wildman–Crippen LogP) is 3.37. The van der Waals surface area contributed by atoms with E-state index >= 15 is 0 Å². The third-order valence-corrected chi connectivity index (χ3v) is 5.97. The van der Waals surface area contributed by atoms with Crippen LogP contribution in [0.1, 0.15) is 33.8 Å². The van der Waals surface area contributed by atoms with Gasteiger partial charge in [-0.25, -0.2) is 9.18 Å². The van der Waals surface area contributed by atoms with Crippen molar-refractivity contribution in [1.82, 2.24) is 14.7 Å². The molecule has 146 valence electrons. The number of fused-ring (bicyclic) bond motifs is 1. The van der Waals surface area contributed by atoms with Crippen LogP contribution in [0.2, 0.25) is 0 Å². The highest BCUT2D eigenvalue weighted by atomic mass is 32.1. The summed E-state index contributed by atoms with van der Waals surface area (Å²) in [6, 6.07) is 8.01. The number of halogens is 1. The molecule has 0 atom stereocenters. The average molecular weight is 401 g/mol. The van der Waals surface area contributed by atoms with E-state index in [1.165, 1.54) is 23.5 Å². The van der Waals surface area contributed by atoms with Gasteiger partial charge in [-0.2, -0.15) is 5.10 Å². The number of hydrogen-bond acceptors (Lipinski definition) is 5. The van der Waals surface area contributed by atoms with Crippen LogP contribution in [0, 0.1) is 12.7 Å². The van der Waals surface area contributed by atoms with Crippen LogP contribution in [0.15, 0.2) is 30.3 Å². The smallest absolute Gasteiger partial charge is 0.348 e. The number of carbonyl (C=O) groups is 2. The van der Waals surface area contributed by atoms with Crippen LogP contribution in [0.4, 0.5) is 4.39 Å². The average Bonchev–Trinajstić information content (AvgIpc) is 3.41. The summed E-state index contributed by atoms with van der Waals surface area (Å²) in [5.74, 6) is -0.928. The minimum Gasteiger partial charge on any atom is -0.451 e. The first kappa shape index (κ1) is 18.6. The largest absolute Gasteiger partial charge is 0.451 e. The van der Waals surface area contributed by atoms with Gasteiger partial charge < -0.3 is 9.64 Å². The third-order valence-electron chi connectivity index (χ3n) is 4.84. The van der Waals surface area contributed by atoms with Crippen LogP contribution in [0.3, 0.4) is 0 Å². The fourth-order valence-corrected chi connectivity index (χ4v) is 4.39. The van der Waals surface area contributed by atoms with Crippen molar-refractivity contribution in [1.29, 1.82) is 0 Å². The van der Waals surface area contributed by atoms with E-state index < -0.39 is 5.97 Å². The molecule has 0 saturated carbocycles. The van der Waals surface area contributed by atoms with E-state index in [1.54, 1.807) is 27.8 Å². The Bertz CT molecular complexity index is 1020. The second kappa shape index (κ2) is 7.71. The van der Waals surface area contributed by atoms with Crippen molar-refractivity contribution in [3.63, 3.8) is 0 Å². The number of thiophene rings is 1. The number of carbonyl (C=O) groups excluding carboxylic acids is 2. The Morgan fingerprint density at radius 3 is 2.64 bits per heavy atom. The monoisotopic (exact) mass is 401 g/mol. The van der Waals surface area contributed by atoms with Gasteiger partial charge >= 0.3 is 5.97 Å². The highest BCUT2D eigenvalue weighted by Crippen LogP contribution is 2.29. The molecule has 1 aliphatic heterocycles. The maximum Gasteiger partial charge on any atom is 0.348 e. The molecule has 4 rings (SSSR count). The highest BCUT2D eigenvalue weighted by Gasteiger charge is 2.21. The molecule has 2 aromatic heterocycles. The number of nitrogens with zero attached hydrogens (tertiary/aromatic N) is 3. The summed E-state index contributed by atoms with van der Waals surface area (Å²) in [6.07, 6.45) is 2.00. The van der Waals surface area contributed by atoms with Crippen molar-refractivity contribution >= 4 is 33.4 Å². The zero-order valence-electron chi connectivity index (χ0n) is 15.5. The molecule has 6 nitrogen and oxygen atoms in total.